The van der Waals surface area contributed by atoms with Crippen molar-refractivity contribution in [2.45, 2.75) is 98.3 Å². The van der Waals surface area contributed by atoms with E-state index in [1.165, 1.54) is 70.6 Å². The van der Waals surface area contributed by atoms with Crippen molar-refractivity contribution in [1.82, 2.24) is 0 Å². The first-order valence-electron chi connectivity index (χ1n) is 9.19. The van der Waals surface area contributed by atoms with Crippen LogP contribution in [0, 0.1) is 23.7 Å². The minimum Gasteiger partial charge on any atom is -0.0654 e. The molecule has 3 atom stereocenters. The molecular weight excluding hydrogens is 228 g/mol. The maximum Gasteiger partial charge on any atom is -0.0363 e. The SMILES string of the molecule is CCCC(C(C)CC)C(C)CCC1CCCCCC1. The maximum absolute atomic E-state index is 2.53. The van der Waals surface area contributed by atoms with Gasteiger partial charge < -0.3 is 0 Å². The Morgan fingerprint density at radius 2 is 1.47 bits per heavy atom. The van der Waals surface area contributed by atoms with E-state index in [1.807, 2.05) is 0 Å². The number of hydrogen-bond acceptors (Lipinski definition) is 0. The quantitative estimate of drug-likeness (QED) is 0.422. The topological polar surface area (TPSA) is 0 Å². The zero-order valence-corrected chi connectivity index (χ0v) is 14.1. The van der Waals surface area contributed by atoms with Crippen LogP contribution in [0.3, 0.4) is 0 Å². The van der Waals surface area contributed by atoms with Crippen molar-refractivity contribution in [3.63, 3.8) is 0 Å². The lowest BCUT2D eigenvalue weighted by atomic mass is 9.76. The summed E-state index contributed by atoms with van der Waals surface area (Å²) in [7, 11) is 0. The third kappa shape index (κ3) is 6.32. The zero-order valence-electron chi connectivity index (χ0n) is 14.1. The standard InChI is InChI=1S/C19H38/c1-5-11-19(16(3)6-2)17(4)14-15-18-12-9-7-8-10-13-18/h16-19H,5-15H2,1-4H3. The third-order valence-electron chi connectivity index (χ3n) is 5.73. The predicted octanol–water partition coefficient (Wildman–Crippen LogP) is 6.84. The fourth-order valence-corrected chi connectivity index (χ4v) is 4.13. The van der Waals surface area contributed by atoms with Gasteiger partial charge in [-0.05, 0) is 23.7 Å². The monoisotopic (exact) mass is 266 g/mol. The molecule has 3 unspecified atom stereocenters. The van der Waals surface area contributed by atoms with Gasteiger partial charge in [-0.1, -0.05) is 98.3 Å². The Labute approximate surface area is 122 Å². The van der Waals surface area contributed by atoms with Gasteiger partial charge in [-0.15, -0.1) is 0 Å². The van der Waals surface area contributed by atoms with E-state index in [0.717, 1.165) is 23.7 Å². The van der Waals surface area contributed by atoms with Gasteiger partial charge >= 0.3 is 0 Å². The van der Waals surface area contributed by atoms with E-state index in [1.54, 1.807) is 0 Å². The molecule has 0 nitrogen and oxygen atoms in total. The summed E-state index contributed by atoms with van der Waals surface area (Å²) in [6, 6.07) is 0. The van der Waals surface area contributed by atoms with Gasteiger partial charge in [-0.25, -0.2) is 0 Å². The lowest BCUT2D eigenvalue weighted by Gasteiger charge is -2.30. The molecule has 0 aromatic heterocycles. The maximum atomic E-state index is 2.53. The van der Waals surface area contributed by atoms with Gasteiger partial charge in [0.25, 0.3) is 0 Å². The van der Waals surface area contributed by atoms with Gasteiger partial charge in [0.15, 0.2) is 0 Å². The van der Waals surface area contributed by atoms with Gasteiger partial charge in [-0.2, -0.15) is 0 Å². The van der Waals surface area contributed by atoms with Gasteiger partial charge in [0.05, 0.1) is 0 Å². The molecule has 0 aromatic rings. The molecule has 0 radical (unpaired) electrons. The second-order valence-corrected chi connectivity index (χ2v) is 7.25. The van der Waals surface area contributed by atoms with Crippen LogP contribution in [0.1, 0.15) is 98.3 Å². The molecule has 0 amide bonds. The zero-order chi connectivity index (χ0) is 14.1. The summed E-state index contributed by atoms with van der Waals surface area (Å²) >= 11 is 0. The summed E-state index contributed by atoms with van der Waals surface area (Å²) < 4.78 is 0. The average molecular weight is 267 g/mol. The molecule has 0 N–H and O–H groups in total. The molecule has 1 rings (SSSR count). The van der Waals surface area contributed by atoms with Crippen molar-refractivity contribution >= 4 is 0 Å². The molecule has 0 saturated heterocycles. The Kier molecular flexibility index (Phi) is 8.83. The van der Waals surface area contributed by atoms with Crippen LogP contribution in [0.4, 0.5) is 0 Å². The van der Waals surface area contributed by atoms with E-state index in [4.69, 9.17) is 0 Å². The average Bonchev–Trinajstić information content (AvgIpc) is 2.70. The van der Waals surface area contributed by atoms with Gasteiger partial charge in [0.1, 0.15) is 0 Å². The Morgan fingerprint density at radius 1 is 0.842 bits per heavy atom. The first-order chi connectivity index (χ1) is 9.19. The highest BCUT2D eigenvalue weighted by molar-refractivity contribution is 4.73. The van der Waals surface area contributed by atoms with E-state index >= 15 is 0 Å². The Balaban J connectivity index is 2.35. The summed E-state index contributed by atoms with van der Waals surface area (Å²) in [5, 5.41) is 0. The smallest absolute Gasteiger partial charge is 0.0363 e. The predicted molar refractivity (Wildman–Crippen MR) is 87.4 cm³/mol. The third-order valence-corrected chi connectivity index (χ3v) is 5.73. The van der Waals surface area contributed by atoms with Crippen molar-refractivity contribution in [3.8, 4) is 0 Å². The second-order valence-electron chi connectivity index (χ2n) is 7.25. The summed E-state index contributed by atoms with van der Waals surface area (Å²) in [6.07, 6.45) is 16.2. The van der Waals surface area contributed by atoms with Crippen LogP contribution in [0.25, 0.3) is 0 Å². The van der Waals surface area contributed by atoms with E-state index in [9.17, 15) is 0 Å². The normalized spacial score (nSPS) is 22.7. The first kappa shape index (κ1) is 17.1. The highest BCUT2D eigenvalue weighted by atomic mass is 14.3. The summed E-state index contributed by atoms with van der Waals surface area (Å²) in [5.41, 5.74) is 0. The van der Waals surface area contributed by atoms with Crippen molar-refractivity contribution in [2.24, 2.45) is 23.7 Å². The van der Waals surface area contributed by atoms with Gasteiger partial charge in [0, 0.05) is 0 Å². The molecule has 0 aromatic carbocycles. The molecule has 0 heterocycles. The summed E-state index contributed by atoms with van der Waals surface area (Å²) in [5.74, 6) is 3.90. The molecule has 19 heavy (non-hydrogen) atoms. The second kappa shape index (κ2) is 9.83. The minimum atomic E-state index is 0.920. The van der Waals surface area contributed by atoms with Crippen molar-refractivity contribution in [1.29, 1.82) is 0 Å². The Morgan fingerprint density at radius 3 is 2.00 bits per heavy atom. The van der Waals surface area contributed by atoms with Gasteiger partial charge in [-0.3, -0.25) is 0 Å². The summed E-state index contributed by atoms with van der Waals surface area (Å²) in [4.78, 5) is 0. The van der Waals surface area contributed by atoms with E-state index in [-0.39, 0.29) is 0 Å². The van der Waals surface area contributed by atoms with E-state index < -0.39 is 0 Å². The fourth-order valence-electron chi connectivity index (χ4n) is 4.13. The molecule has 0 heteroatoms. The fraction of sp³-hybridized carbons (Fsp3) is 1.00. The lowest BCUT2D eigenvalue weighted by Crippen LogP contribution is -2.20. The van der Waals surface area contributed by atoms with Crippen LogP contribution in [-0.4, -0.2) is 0 Å². The van der Waals surface area contributed by atoms with Crippen molar-refractivity contribution in [2.75, 3.05) is 0 Å². The first-order valence-corrected chi connectivity index (χ1v) is 9.19. The molecule has 114 valence electrons. The Bertz CT molecular complexity index is 200. The molecule has 1 saturated carbocycles. The van der Waals surface area contributed by atoms with Crippen LogP contribution < -0.4 is 0 Å². The molecule has 0 bridgehead atoms. The molecule has 0 spiro atoms. The number of rotatable bonds is 8. The molecule has 1 aliphatic rings. The minimum absolute atomic E-state index is 0.920. The number of hydrogen-bond donors (Lipinski definition) is 0. The molecule has 0 aliphatic heterocycles. The van der Waals surface area contributed by atoms with Crippen LogP contribution in [-0.2, 0) is 0 Å². The molecule has 1 fully saturated rings. The highest BCUT2D eigenvalue weighted by Crippen LogP contribution is 2.34. The van der Waals surface area contributed by atoms with Crippen LogP contribution in [0.5, 0.6) is 0 Å². The van der Waals surface area contributed by atoms with Crippen LogP contribution in [0.15, 0.2) is 0 Å². The van der Waals surface area contributed by atoms with E-state index in [0.29, 0.717) is 0 Å². The van der Waals surface area contributed by atoms with Crippen molar-refractivity contribution < 1.29 is 0 Å². The van der Waals surface area contributed by atoms with Crippen LogP contribution in [0.2, 0.25) is 0 Å². The largest absolute Gasteiger partial charge is 0.0654 e. The van der Waals surface area contributed by atoms with E-state index in [2.05, 4.69) is 27.7 Å². The Hall–Kier alpha value is 0. The molecule has 1 aliphatic carbocycles. The van der Waals surface area contributed by atoms with Crippen LogP contribution >= 0.6 is 0 Å². The highest BCUT2D eigenvalue weighted by Gasteiger charge is 2.23. The van der Waals surface area contributed by atoms with Gasteiger partial charge in [0.2, 0.25) is 0 Å². The lowest BCUT2D eigenvalue weighted by molar-refractivity contribution is 0.207. The van der Waals surface area contributed by atoms with Crippen molar-refractivity contribution in [3.05, 3.63) is 0 Å². The molecular formula is C19H38. The summed E-state index contributed by atoms with van der Waals surface area (Å²) in [6.45, 7) is 9.73.